The molecule has 0 saturated heterocycles. The molecule has 0 spiro atoms. The topological polar surface area (TPSA) is 0 Å². The first-order valence-corrected chi connectivity index (χ1v) is 24.2. The van der Waals surface area contributed by atoms with Gasteiger partial charge in [0.15, 0.2) is 0 Å². The molecule has 0 nitrogen and oxygen atoms in total. The normalized spacial score (nSPS) is 15.6. The van der Waals surface area contributed by atoms with Crippen molar-refractivity contribution < 1.29 is 0 Å². The molecule has 0 unspecified atom stereocenters. The summed E-state index contributed by atoms with van der Waals surface area (Å²) in [5.74, 6) is 8.11. The van der Waals surface area contributed by atoms with Crippen molar-refractivity contribution in [2.45, 2.75) is 129 Å². The highest BCUT2D eigenvalue weighted by Gasteiger charge is 2.46. The SMILES string of the molecule is CC(C)[Si](C#CC1=C(c2ccccc2)C(c2ccccc2)=C(C#C[Si](C(C)C)(C(C)C)C(C)C)[Si]1(C)C)(C(C)C)C(C)C. The molecular formula is C40H58Si3. The Morgan fingerprint density at radius 2 is 0.698 bits per heavy atom. The van der Waals surface area contributed by atoms with Crippen molar-refractivity contribution in [2.75, 3.05) is 0 Å². The molecule has 0 aromatic heterocycles. The summed E-state index contributed by atoms with van der Waals surface area (Å²) in [6.07, 6.45) is 0. The zero-order valence-corrected chi connectivity index (χ0v) is 32.7. The smallest absolute Gasteiger partial charge is 0.126 e. The summed E-state index contributed by atoms with van der Waals surface area (Å²) >= 11 is 0. The van der Waals surface area contributed by atoms with Crippen molar-refractivity contribution in [1.82, 2.24) is 0 Å². The summed E-state index contributed by atoms with van der Waals surface area (Å²) in [6.45, 7) is 34.1. The summed E-state index contributed by atoms with van der Waals surface area (Å²) in [5.41, 5.74) is 17.1. The number of hydrogen-bond donors (Lipinski definition) is 0. The van der Waals surface area contributed by atoms with Crippen molar-refractivity contribution in [3.05, 3.63) is 82.2 Å². The fraction of sp³-hybridized carbons (Fsp3) is 0.500. The molecule has 3 rings (SSSR count). The Balaban J connectivity index is 2.52. The van der Waals surface area contributed by atoms with Crippen LogP contribution in [0.2, 0.25) is 46.3 Å². The molecule has 0 aliphatic carbocycles. The van der Waals surface area contributed by atoms with Gasteiger partial charge in [-0.05, 0) is 55.5 Å². The summed E-state index contributed by atoms with van der Waals surface area (Å²) < 4.78 is 0. The van der Waals surface area contributed by atoms with E-state index in [-0.39, 0.29) is 0 Å². The van der Waals surface area contributed by atoms with Crippen LogP contribution < -0.4 is 0 Å². The van der Waals surface area contributed by atoms with Crippen molar-refractivity contribution in [3.8, 4) is 22.9 Å². The van der Waals surface area contributed by atoms with E-state index >= 15 is 0 Å². The third kappa shape index (κ3) is 6.42. The van der Waals surface area contributed by atoms with E-state index in [0.717, 1.165) is 0 Å². The van der Waals surface area contributed by atoms with E-state index in [2.05, 4.69) is 180 Å². The van der Waals surface area contributed by atoms with E-state index in [1.54, 1.807) is 0 Å². The van der Waals surface area contributed by atoms with Gasteiger partial charge in [-0.15, -0.1) is 11.1 Å². The van der Waals surface area contributed by atoms with Gasteiger partial charge >= 0.3 is 0 Å². The van der Waals surface area contributed by atoms with Gasteiger partial charge in [-0.3, -0.25) is 0 Å². The van der Waals surface area contributed by atoms with Crippen LogP contribution in [0.15, 0.2) is 71.1 Å². The van der Waals surface area contributed by atoms with Crippen LogP contribution in [0.1, 0.15) is 94.2 Å². The molecule has 230 valence electrons. The van der Waals surface area contributed by atoms with Crippen LogP contribution in [-0.4, -0.2) is 24.2 Å². The fourth-order valence-corrected chi connectivity index (χ4v) is 21.9. The van der Waals surface area contributed by atoms with Gasteiger partial charge in [0.1, 0.15) is 24.2 Å². The molecule has 2 aromatic rings. The Morgan fingerprint density at radius 1 is 0.442 bits per heavy atom. The standard InChI is InChI=1S/C40H58Si3/c1-29(2)42(30(3)4,31(5)6)27-25-37-39(35-21-17-15-18-22-35)40(36-23-19-16-20-24-36)38(41(37,13)14)26-28-43(32(7)8,33(9)10)34(11)12/h15-24,29-34H,1-14H3. The molecule has 0 saturated carbocycles. The lowest BCUT2D eigenvalue weighted by Crippen LogP contribution is -2.44. The molecular weight excluding hydrogens is 565 g/mol. The van der Waals surface area contributed by atoms with Crippen LogP contribution in [0, 0.1) is 22.9 Å². The largest absolute Gasteiger partial charge is 0.146 e. The maximum Gasteiger partial charge on any atom is 0.146 e. The van der Waals surface area contributed by atoms with E-state index in [4.69, 9.17) is 0 Å². The Labute approximate surface area is 268 Å². The van der Waals surface area contributed by atoms with Crippen LogP contribution in [0.3, 0.4) is 0 Å². The van der Waals surface area contributed by atoms with E-state index < -0.39 is 24.2 Å². The second-order valence-electron chi connectivity index (χ2n) is 15.2. The third-order valence-electron chi connectivity index (χ3n) is 10.7. The van der Waals surface area contributed by atoms with Gasteiger partial charge in [0.25, 0.3) is 0 Å². The second kappa shape index (κ2) is 13.8. The van der Waals surface area contributed by atoms with Gasteiger partial charge in [-0.25, -0.2) is 0 Å². The molecule has 0 atom stereocenters. The van der Waals surface area contributed by atoms with Gasteiger partial charge in [-0.2, -0.15) is 0 Å². The van der Waals surface area contributed by atoms with Gasteiger partial charge in [-0.1, -0.05) is 169 Å². The molecule has 1 aliphatic heterocycles. The summed E-state index contributed by atoms with van der Waals surface area (Å²) in [6, 6.07) is 22.1. The Morgan fingerprint density at radius 3 is 0.930 bits per heavy atom. The number of benzene rings is 2. The maximum atomic E-state index is 4.15. The second-order valence-corrected chi connectivity index (χ2v) is 30.6. The quantitative estimate of drug-likeness (QED) is 0.203. The molecule has 0 amide bonds. The number of rotatable bonds is 8. The van der Waals surface area contributed by atoms with Gasteiger partial charge < -0.3 is 0 Å². The molecule has 43 heavy (non-hydrogen) atoms. The first kappa shape index (κ1) is 35.2. The fourth-order valence-electron chi connectivity index (χ4n) is 8.43. The molecule has 1 heterocycles. The third-order valence-corrected chi connectivity index (χ3v) is 26.5. The highest BCUT2D eigenvalue weighted by atomic mass is 28.3. The minimum absolute atomic E-state index is 0.600. The maximum absolute atomic E-state index is 4.15. The number of allylic oxidation sites excluding steroid dienone is 4. The van der Waals surface area contributed by atoms with Crippen molar-refractivity contribution >= 4 is 35.4 Å². The minimum Gasteiger partial charge on any atom is -0.126 e. The summed E-state index contributed by atoms with van der Waals surface area (Å²) in [5, 5.41) is 2.76. The van der Waals surface area contributed by atoms with Crippen molar-refractivity contribution in [3.63, 3.8) is 0 Å². The first-order valence-electron chi connectivity index (χ1n) is 16.7. The van der Waals surface area contributed by atoms with Crippen LogP contribution in [0.25, 0.3) is 11.1 Å². The van der Waals surface area contributed by atoms with E-state index in [9.17, 15) is 0 Å². The molecule has 0 bridgehead atoms. The van der Waals surface area contributed by atoms with Crippen molar-refractivity contribution in [2.24, 2.45) is 0 Å². The zero-order valence-electron chi connectivity index (χ0n) is 29.7. The molecule has 2 aromatic carbocycles. The van der Waals surface area contributed by atoms with Crippen LogP contribution in [0.4, 0.5) is 0 Å². The van der Waals surface area contributed by atoms with Gasteiger partial charge in [0.05, 0.1) is 0 Å². The van der Waals surface area contributed by atoms with Crippen LogP contribution in [0.5, 0.6) is 0 Å². The zero-order chi connectivity index (χ0) is 32.3. The first-order chi connectivity index (χ1) is 20.1. The lowest BCUT2D eigenvalue weighted by Gasteiger charge is -2.38. The van der Waals surface area contributed by atoms with Crippen LogP contribution >= 0.6 is 0 Å². The van der Waals surface area contributed by atoms with Gasteiger partial charge in [0.2, 0.25) is 0 Å². The Hall–Kier alpha value is -2.31. The Kier molecular flexibility index (Phi) is 11.3. The predicted octanol–water partition coefficient (Wildman–Crippen LogP) is 12.1. The monoisotopic (exact) mass is 622 g/mol. The molecule has 0 N–H and O–H groups in total. The van der Waals surface area contributed by atoms with Crippen molar-refractivity contribution in [1.29, 1.82) is 0 Å². The summed E-state index contributed by atoms with van der Waals surface area (Å²) in [4.78, 5) is 0. The lowest BCUT2D eigenvalue weighted by atomic mass is 9.92. The minimum atomic E-state index is -2.24. The number of hydrogen-bond acceptors (Lipinski definition) is 0. The molecule has 0 fully saturated rings. The van der Waals surface area contributed by atoms with Gasteiger partial charge in [0, 0.05) is 10.4 Å². The van der Waals surface area contributed by atoms with E-state index in [1.165, 1.54) is 32.7 Å². The molecule has 3 heteroatoms. The average Bonchev–Trinajstić information content (AvgIpc) is 3.15. The highest BCUT2D eigenvalue weighted by Crippen LogP contribution is 2.49. The van der Waals surface area contributed by atoms with E-state index in [0.29, 0.717) is 33.2 Å². The van der Waals surface area contributed by atoms with E-state index in [1.807, 2.05) is 0 Å². The highest BCUT2D eigenvalue weighted by molar-refractivity contribution is 6.97. The summed E-state index contributed by atoms with van der Waals surface area (Å²) in [7, 11) is -6.09. The Bertz CT molecular complexity index is 1290. The average molecular weight is 623 g/mol. The predicted molar refractivity (Wildman–Crippen MR) is 202 cm³/mol. The van der Waals surface area contributed by atoms with Crippen LogP contribution in [-0.2, 0) is 0 Å². The lowest BCUT2D eigenvalue weighted by molar-refractivity contribution is 0.838. The molecule has 0 radical (unpaired) electrons. The molecule has 1 aliphatic rings.